The van der Waals surface area contributed by atoms with Crippen molar-refractivity contribution in [3.63, 3.8) is 0 Å². The Morgan fingerprint density at radius 3 is 1.73 bits per heavy atom. The van der Waals surface area contributed by atoms with E-state index in [9.17, 15) is 19.1 Å². The third kappa shape index (κ3) is 9.12. The van der Waals surface area contributed by atoms with Crippen LogP contribution in [0.3, 0.4) is 0 Å². The Hall–Kier alpha value is -0.220. The maximum Gasteiger partial charge on any atom is 0.342 e. The molecule has 0 bridgehead atoms. The van der Waals surface area contributed by atoms with Gasteiger partial charge >= 0.3 is 13.5 Å². The Kier molecular flexibility index (Phi) is 13.8. The minimum Gasteiger partial charge on any atom is -0.324 e. The molecular formula is C20H43NO4P+. The van der Waals surface area contributed by atoms with Gasteiger partial charge in [-0.25, -0.2) is 4.79 Å². The molecule has 0 saturated carbocycles. The molecule has 2 N–H and O–H groups in total. The van der Waals surface area contributed by atoms with Crippen LogP contribution in [0.1, 0.15) is 98.3 Å². The van der Waals surface area contributed by atoms with Gasteiger partial charge in [0.15, 0.2) is 5.66 Å². The van der Waals surface area contributed by atoms with E-state index in [0.29, 0.717) is 32.5 Å². The first-order chi connectivity index (χ1) is 12.3. The number of hydrogen-bond donors (Lipinski definition) is 2. The second kappa shape index (κ2) is 13.9. The van der Waals surface area contributed by atoms with Crippen LogP contribution in [0.15, 0.2) is 0 Å². The van der Waals surface area contributed by atoms with Gasteiger partial charge in [-0.15, -0.1) is 0 Å². The van der Waals surface area contributed by atoms with Gasteiger partial charge in [-0.05, 0) is 33.1 Å². The van der Waals surface area contributed by atoms with Crippen LogP contribution >= 0.6 is 7.60 Å². The Bertz CT molecular complexity index is 418. The molecule has 0 rings (SSSR count). The van der Waals surface area contributed by atoms with Crippen molar-refractivity contribution in [2.75, 3.05) is 19.6 Å². The normalized spacial score (nSPS) is 13.8. The molecule has 0 aliphatic carbocycles. The predicted molar refractivity (Wildman–Crippen MR) is 109 cm³/mol. The van der Waals surface area contributed by atoms with Gasteiger partial charge in [-0.3, -0.25) is 9.05 Å². The van der Waals surface area contributed by atoms with Crippen LogP contribution in [0.4, 0.5) is 0 Å². The molecule has 0 spiro atoms. The van der Waals surface area contributed by atoms with Gasteiger partial charge in [0.05, 0.1) is 19.6 Å². The molecule has 0 radical (unpaired) electrons. The zero-order chi connectivity index (χ0) is 20.1. The lowest BCUT2D eigenvalue weighted by Gasteiger charge is -2.36. The topological polar surface area (TPSA) is 74.6 Å². The van der Waals surface area contributed by atoms with Gasteiger partial charge in [0.2, 0.25) is 0 Å². The van der Waals surface area contributed by atoms with E-state index in [1.54, 1.807) is 0 Å². The number of carbonyl (C=O) groups excluding carboxylic acids is 1. The van der Waals surface area contributed by atoms with E-state index in [1.807, 2.05) is 13.8 Å². The Morgan fingerprint density at radius 1 is 0.808 bits per heavy atom. The average molecular weight is 393 g/mol. The number of quaternary nitrogens is 1. The summed E-state index contributed by atoms with van der Waals surface area (Å²) in [5, 5.41) is 0. The summed E-state index contributed by atoms with van der Waals surface area (Å²) < 4.78 is 12.3. The van der Waals surface area contributed by atoms with Gasteiger partial charge in [0.1, 0.15) is 0 Å². The Balaban J connectivity index is 4.95. The monoisotopic (exact) mass is 392 g/mol. The summed E-state index contributed by atoms with van der Waals surface area (Å²) in [5.74, 6) is -0.242. The molecule has 1 unspecified atom stereocenters. The van der Waals surface area contributed by atoms with Crippen molar-refractivity contribution < 1.29 is 23.6 Å². The highest BCUT2D eigenvalue weighted by atomic mass is 31.2. The molecule has 6 heteroatoms. The molecule has 0 fully saturated rings. The fraction of sp³-hybridized carbons (Fsp3) is 0.950. The Morgan fingerprint density at radius 2 is 1.27 bits per heavy atom. The van der Waals surface area contributed by atoms with Crippen LogP contribution in [0, 0.1) is 0 Å². The summed E-state index contributed by atoms with van der Waals surface area (Å²) >= 11 is 0. The van der Waals surface area contributed by atoms with Crippen molar-refractivity contribution in [1.82, 2.24) is 0 Å². The maximum absolute atomic E-state index is 13.2. The minimum absolute atomic E-state index is 0.204. The summed E-state index contributed by atoms with van der Waals surface area (Å²) in [7, 11) is -4.43. The molecule has 1 amide bonds. The average Bonchev–Trinajstić information content (AvgIpc) is 2.60. The minimum atomic E-state index is -4.43. The van der Waals surface area contributed by atoms with E-state index in [4.69, 9.17) is 0 Å². The number of unbranched alkanes of at least 4 members (excludes halogenated alkanes) is 8. The van der Waals surface area contributed by atoms with Crippen molar-refractivity contribution in [2.45, 2.75) is 104 Å². The van der Waals surface area contributed by atoms with E-state index < -0.39 is 13.3 Å². The van der Waals surface area contributed by atoms with E-state index in [0.717, 1.165) is 44.9 Å². The van der Waals surface area contributed by atoms with Crippen LogP contribution in [0.2, 0.25) is 0 Å². The van der Waals surface area contributed by atoms with Crippen molar-refractivity contribution >= 4 is 13.5 Å². The zero-order valence-electron chi connectivity index (χ0n) is 17.6. The smallest absolute Gasteiger partial charge is 0.324 e. The summed E-state index contributed by atoms with van der Waals surface area (Å²) in [4.78, 5) is 32.8. The van der Waals surface area contributed by atoms with Gasteiger partial charge in [-0.1, -0.05) is 65.2 Å². The SMILES string of the molecule is CCCCCCCCC(C(=O)[N+](CC)(CC)CCCCCC)P(=O)(O)O. The van der Waals surface area contributed by atoms with Gasteiger partial charge in [0, 0.05) is 0 Å². The number of amides is 1. The highest BCUT2D eigenvalue weighted by Gasteiger charge is 2.46. The molecule has 0 aromatic carbocycles. The predicted octanol–water partition coefficient (Wildman–Crippen LogP) is 5.25. The lowest BCUT2D eigenvalue weighted by atomic mass is 10.1. The maximum atomic E-state index is 13.2. The molecule has 0 saturated heterocycles. The first kappa shape index (κ1) is 25.8. The number of nitrogens with zero attached hydrogens (tertiary/aromatic N) is 1. The zero-order valence-corrected chi connectivity index (χ0v) is 18.5. The van der Waals surface area contributed by atoms with Crippen LogP contribution < -0.4 is 0 Å². The van der Waals surface area contributed by atoms with Gasteiger partial charge < -0.3 is 9.79 Å². The molecule has 26 heavy (non-hydrogen) atoms. The van der Waals surface area contributed by atoms with Crippen molar-refractivity contribution in [2.24, 2.45) is 0 Å². The van der Waals surface area contributed by atoms with E-state index >= 15 is 0 Å². The molecule has 0 aliphatic heterocycles. The Labute approximate surface area is 161 Å². The number of rotatable bonds is 16. The molecule has 0 heterocycles. The molecule has 1 atom stereocenters. The fourth-order valence-corrected chi connectivity index (χ4v) is 4.72. The van der Waals surface area contributed by atoms with Crippen LogP contribution in [0.5, 0.6) is 0 Å². The van der Waals surface area contributed by atoms with Crippen molar-refractivity contribution in [3.05, 3.63) is 0 Å². The van der Waals surface area contributed by atoms with Gasteiger partial charge in [0.25, 0.3) is 0 Å². The lowest BCUT2D eigenvalue weighted by molar-refractivity contribution is -0.851. The molecular weight excluding hydrogens is 349 g/mol. The third-order valence-electron chi connectivity index (χ3n) is 5.64. The summed E-state index contributed by atoms with van der Waals surface area (Å²) in [5.41, 5.74) is -1.14. The fourth-order valence-electron chi connectivity index (χ4n) is 3.67. The van der Waals surface area contributed by atoms with Gasteiger partial charge in [-0.2, -0.15) is 0 Å². The summed E-state index contributed by atoms with van der Waals surface area (Å²) in [6.45, 7) is 10.1. The summed E-state index contributed by atoms with van der Waals surface area (Å²) in [6.07, 6.45) is 10.9. The second-order valence-corrected chi connectivity index (χ2v) is 9.36. The molecule has 5 nitrogen and oxygen atoms in total. The van der Waals surface area contributed by atoms with Crippen molar-refractivity contribution in [3.8, 4) is 0 Å². The highest BCUT2D eigenvalue weighted by Crippen LogP contribution is 2.45. The van der Waals surface area contributed by atoms with Crippen LogP contribution in [0.25, 0.3) is 0 Å². The second-order valence-electron chi connectivity index (χ2n) is 7.56. The summed E-state index contributed by atoms with van der Waals surface area (Å²) in [6, 6.07) is 0. The molecule has 0 aromatic heterocycles. The van der Waals surface area contributed by atoms with Crippen LogP contribution in [-0.4, -0.2) is 45.5 Å². The largest absolute Gasteiger partial charge is 0.342 e. The highest BCUT2D eigenvalue weighted by molar-refractivity contribution is 7.53. The molecule has 0 aliphatic rings. The molecule has 0 aromatic rings. The quantitative estimate of drug-likeness (QED) is 0.214. The standard InChI is InChI=1S/C20H42NO4P/c1-5-9-11-13-14-15-17-19(26(23,24)25)20(22)21(7-3,8-4)18-16-12-10-6-2/h19H,5-18H2,1-4H3,(H-,23,24,25)/p+1. The lowest BCUT2D eigenvalue weighted by Crippen LogP contribution is -2.57. The molecule has 156 valence electrons. The number of carbonyl (C=O) groups is 1. The number of hydrogen-bond acceptors (Lipinski definition) is 2. The van der Waals surface area contributed by atoms with E-state index in [1.165, 1.54) is 12.8 Å². The van der Waals surface area contributed by atoms with Crippen molar-refractivity contribution in [1.29, 1.82) is 0 Å². The first-order valence-corrected chi connectivity index (χ1v) is 12.4. The van der Waals surface area contributed by atoms with Crippen LogP contribution in [-0.2, 0) is 9.36 Å². The van der Waals surface area contributed by atoms with E-state index in [2.05, 4.69) is 13.8 Å². The van der Waals surface area contributed by atoms with E-state index in [-0.39, 0.29) is 10.4 Å². The first-order valence-electron chi connectivity index (χ1n) is 10.7. The third-order valence-corrected chi connectivity index (χ3v) is 6.93.